The molecule has 1 aliphatic heterocycles. The van der Waals surface area contributed by atoms with E-state index in [9.17, 15) is 9.18 Å². The topological polar surface area (TPSA) is 80.2 Å². The number of ether oxygens (including phenoxy) is 1. The predicted octanol–water partition coefficient (Wildman–Crippen LogP) is 3.87. The zero-order valence-corrected chi connectivity index (χ0v) is 17.7. The molecule has 2 aromatic heterocycles. The highest BCUT2D eigenvalue weighted by molar-refractivity contribution is 7.11. The second-order valence-corrected chi connectivity index (χ2v) is 8.14. The zero-order chi connectivity index (χ0) is 21.1. The molecule has 0 saturated carbocycles. The molecule has 0 unspecified atom stereocenters. The van der Waals surface area contributed by atoms with Crippen LogP contribution in [0.4, 0.5) is 10.2 Å². The molecule has 3 heterocycles. The van der Waals surface area contributed by atoms with Gasteiger partial charge in [0, 0.05) is 13.0 Å². The second-order valence-electron chi connectivity index (χ2n) is 6.91. The summed E-state index contributed by atoms with van der Waals surface area (Å²) >= 11 is 7.09. The number of nitrogens with zero attached hydrogens (tertiary/aromatic N) is 4. The predicted molar refractivity (Wildman–Crippen MR) is 113 cm³/mol. The number of carbonyl (C=O) groups excluding carboxylic acids is 1. The summed E-state index contributed by atoms with van der Waals surface area (Å²) in [6.45, 7) is 3.05. The Morgan fingerprint density at radius 1 is 1.37 bits per heavy atom. The van der Waals surface area contributed by atoms with Crippen molar-refractivity contribution in [1.82, 2.24) is 20.3 Å². The molecule has 3 aromatic rings. The smallest absolute Gasteiger partial charge is 0.263 e. The molecule has 7 nitrogen and oxygen atoms in total. The lowest BCUT2D eigenvalue weighted by molar-refractivity contribution is 0.0944. The van der Waals surface area contributed by atoms with Crippen molar-refractivity contribution >= 4 is 34.7 Å². The maximum absolute atomic E-state index is 14.0. The molecule has 1 amide bonds. The highest BCUT2D eigenvalue weighted by Crippen LogP contribution is 2.26. The first-order valence-electron chi connectivity index (χ1n) is 9.38. The molecule has 4 rings (SSSR count). The number of nitrogens with one attached hydrogen (secondary N) is 1. The Kier molecular flexibility index (Phi) is 6.10. The SMILES string of the molecule is C[C@H](NC(=O)c1cncs1)c1ccc(O[C@@H]2CCN(c3nc(Cl)ncc3F)C2)cc1. The van der Waals surface area contributed by atoms with Crippen LogP contribution in [-0.4, -0.2) is 40.1 Å². The van der Waals surface area contributed by atoms with E-state index >= 15 is 0 Å². The van der Waals surface area contributed by atoms with Gasteiger partial charge in [-0.1, -0.05) is 12.1 Å². The Morgan fingerprint density at radius 3 is 2.90 bits per heavy atom. The van der Waals surface area contributed by atoms with E-state index in [1.165, 1.54) is 11.3 Å². The lowest BCUT2D eigenvalue weighted by atomic mass is 10.1. The van der Waals surface area contributed by atoms with Crippen LogP contribution in [0.5, 0.6) is 5.75 Å². The third kappa shape index (κ3) is 4.68. The van der Waals surface area contributed by atoms with Crippen molar-refractivity contribution in [3.8, 4) is 5.75 Å². The first-order valence-corrected chi connectivity index (χ1v) is 10.6. The Labute approximate surface area is 181 Å². The van der Waals surface area contributed by atoms with Gasteiger partial charge < -0.3 is 15.0 Å². The third-order valence-electron chi connectivity index (χ3n) is 4.83. The Bertz CT molecular complexity index is 1020. The molecular formula is C20H19ClFN5O2S. The van der Waals surface area contributed by atoms with Gasteiger partial charge in [-0.05, 0) is 36.2 Å². The van der Waals surface area contributed by atoms with E-state index in [1.54, 1.807) is 16.6 Å². The number of hydrogen-bond acceptors (Lipinski definition) is 7. The van der Waals surface area contributed by atoms with Gasteiger partial charge in [0.25, 0.3) is 5.91 Å². The number of amides is 1. The van der Waals surface area contributed by atoms with Crippen LogP contribution in [0.15, 0.2) is 42.2 Å². The average molecular weight is 448 g/mol. The molecule has 1 aliphatic rings. The first-order chi connectivity index (χ1) is 14.5. The van der Waals surface area contributed by atoms with E-state index in [0.717, 1.165) is 18.2 Å². The quantitative estimate of drug-likeness (QED) is 0.578. The summed E-state index contributed by atoms with van der Waals surface area (Å²) < 4.78 is 20.0. The van der Waals surface area contributed by atoms with Crippen LogP contribution in [-0.2, 0) is 0 Å². The van der Waals surface area contributed by atoms with E-state index in [2.05, 4.69) is 20.3 Å². The monoisotopic (exact) mass is 447 g/mol. The molecule has 1 aromatic carbocycles. The van der Waals surface area contributed by atoms with Crippen molar-refractivity contribution in [2.24, 2.45) is 0 Å². The highest BCUT2D eigenvalue weighted by atomic mass is 35.5. The Balaban J connectivity index is 1.34. The van der Waals surface area contributed by atoms with Crippen LogP contribution in [0.1, 0.15) is 34.6 Å². The number of hydrogen-bond donors (Lipinski definition) is 1. The van der Waals surface area contributed by atoms with Crippen molar-refractivity contribution < 1.29 is 13.9 Å². The standard InChI is InChI=1S/C20H19ClFN5O2S/c1-12(25-19(28)17-9-23-11-30-17)13-2-4-14(5-3-13)29-15-6-7-27(10-15)18-16(22)8-24-20(21)26-18/h2-5,8-9,11-12,15H,6-7,10H2,1H3,(H,25,28)/t12-,15+/m0/s1. The Hall–Kier alpha value is -2.78. The minimum absolute atomic E-state index is 0.0166. The van der Waals surface area contributed by atoms with E-state index in [0.29, 0.717) is 23.7 Å². The number of rotatable bonds is 6. The van der Waals surface area contributed by atoms with Gasteiger partial charge in [0.15, 0.2) is 11.6 Å². The van der Waals surface area contributed by atoms with Gasteiger partial charge in [-0.25, -0.2) is 9.37 Å². The second kappa shape index (κ2) is 8.93. The van der Waals surface area contributed by atoms with Crippen molar-refractivity contribution in [3.63, 3.8) is 0 Å². The van der Waals surface area contributed by atoms with Gasteiger partial charge in [0.1, 0.15) is 16.7 Å². The first kappa shape index (κ1) is 20.5. The number of aromatic nitrogens is 3. The lowest BCUT2D eigenvalue weighted by Gasteiger charge is -2.19. The van der Waals surface area contributed by atoms with Crippen LogP contribution in [0.2, 0.25) is 5.28 Å². The van der Waals surface area contributed by atoms with Crippen molar-refractivity contribution in [1.29, 1.82) is 0 Å². The van der Waals surface area contributed by atoms with Gasteiger partial charge >= 0.3 is 0 Å². The number of benzene rings is 1. The molecule has 10 heteroatoms. The van der Waals surface area contributed by atoms with Crippen molar-refractivity contribution in [2.45, 2.75) is 25.5 Å². The normalized spacial score (nSPS) is 17.0. The number of anilines is 1. The van der Waals surface area contributed by atoms with E-state index in [-0.39, 0.29) is 29.2 Å². The molecule has 1 fully saturated rings. The molecule has 1 N–H and O–H groups in total. The largest absolute Gasteiger partial charge is 0.489 e. The van der Waals surface area contributed by atoms with Gasteiger partial charge in [0.2, 0.25) is 5.28 Å². The number of carbonyl (C=O) groups is 1. The van der Waals surface area contributed by atoms with E-state index < -0.39 is 5.82 Å². The summed E-state index contributed by atoms with van der Waals surface area (Å²) in [4.78, 5) is 26.1. The minimum atomic E-state index is -0.501. The van der Waals surface area contributed by atoms with Gasteiger partial charge in [-0.2, -0.15) is 4.98 Å². The summed E-state index contributed by atoms with van der Waals surface area (Å²) in [6, 6.07) is 7.43. The molecule has 0 aliphatic carbocycles. The fourth-order valence-electron chi connectivity index (χ4n) is 3.28. The molecule has 1 saturated heterocycles. The van der Waals surface area contributed by atoms with Crippen LogP contribution in [0.3, 0.4) is 0 Å². The molecular weight excluding hydrogens is 429 g/mol. The van der Waals surface area contributed by atoms with Crippen LogP contribution < -0.4 is 15.0 Å². The summed E-state index contributed by atoms with van der Waals surface area (Å²) in [6.07, 6.45) is 3.28. The maximum Gasteiger partial charge on any atom is 0.263 e. The Morgan fingerprint density at radius 2 is 2.17 bits per heavy atom. The molecule has 0 radical (unpaired) electrons. The van der Waals surface area contributed by atoms with Crippen molar-refractivity contribution in [2.75, 3.05) is 18.0 Å². The fraction of sp³-hybridized carbons (Fsp3) is 0.300. The van der Waals surface area contributed by atoms with Crippen molar-refractivity contribution in [3.05, 3.63) is 63.7 Å². The lowest BCUT2D eigenvalue weighted by Crippen LogP contribution is -2.26. The summed E-state index contributed by atoms with van der Waals surface area (Å²) in [7, 11) is 0. The third-order valence-corrected chi connectivity index (χ3v) is 5.78. The van der Waals surface area contributed by atoms with Gasteiger partial charge in [-0.3, -0.25) is 9.78 Å². The van der Waals surface area contributed by atoms with E-state index in [4.69, 9.17) is 16.3 Å². The molecule has 156 valence electrons. The highest BCUT2D eigenvalue weighted by Gasteiger charge is 2.27. The van der Waals surface area contributed by atoms with Crippen LogP contribution in [0.25, 0.3) is 0 Å². The average Bonchev–Trinajstić information content (AvgIpc) is 3.43. The molecule has 30 heavy (non-hydrogen) atoms. The van der Waals surface area contributed by atoms with E-state index in [1.807, 2.05) is 31.2 Å². The molecule has 2 atom stereocenters. The minimum Gasteiger partial charge on any atom is -0.489 e. The number of thiazole rings is 1. The number of halogens is 2. The summed E-state index contributed by atoms with van der Waals surface area (Å²) in [5.41, 5.74) is 2.59. The molecule has 0 bridgehead atoms. The fourth-order valence-corrected chi connectivity index (χ4v) is 3.93. The van der Waals surface area contributed by atoms with Crippen LogP contribution >= 0.6 is 22.9 Å². The zero-order valence-electron chi connectivity index (χ0n) is 16.1. The summed E-state index contributed by atoms with van der Waals surface area (Å²) in [5, 5.41) is 2.97. The summed E-state index contributed by atoms with van der Waals surface area (Å²) in [5.74, 6) is 0.266. The van der Waals surface area contributed by atoms with Gasteiger partial charge in [0.05, 0.1) is 30.5 Å². The van der Waals surface area contributed by atoms with Gasteiger partial charge in [-0.15, -0.1) is 11.3 Å². The van der Waals surface area contributed by atoms with Crippen LogP contribution in [0, 0.1) is 5.82 Å². The molecule has 0 spiro atoms. The maximum atomic E-state index is 14.0.